The third kappa shape index (κ3) is 3.20. The molecule has 0 spiro atoms. The number of halogens is 3. The molecule has 1 fully saturated rings. The minimum absolute atomic E-state index is 0.00297. The van der Waals surface area contributed by atoms with Gasteiger partial charge >= 0.3 is 0 Å². The van der Waals surface area contributed by atoms with E-state index in [1.807, 2.05) is 0 Å². The second kappa shape index (κ2) is 6.87. The predicted molar refractivity (Wildman–Crippen MR) is 101 cm³/mol. The van der Waals surface area contributed by atoms with Crippen LogP contribution in [0.4, 0.5) is 20.4 Å². The van der Waals surface area contributed by atoms with Crippen LogP contribution in [0.2, 0.25) is 5.02 Å². The smallest absolute Gasteiger partial charge is 0.232 e. The summed E-state index contributed by atoms with van der Waals surface area (Å²) in [5.41, 5.74) is 1.37. The van der Waals surface area contributed by atoms with Crippen molar-refractivity contribution in [2.45, 2.75) is 6.42 Å². The first-order chi connectivity index (χ1) is 13.3. The number of rotatable bonds is 3. The Morgan fingerprint density at radius 1 is 1.25 bits per heavy atom. The standard InChI is InChI=1S/C19H15ClF2N4O2/c1-25-16-4-2-11(20)7-14(16)23-19(25)24-18(28)10-6-17(27)26(9-10)15-5-3-12(21)8-13(15)22/h2-5,7-8,10H,6,9H2,1H3,(H,23,24,28). The van der Waals surface area contributed by atoms with E-state index in [1.54, 1.807) is 29.8 Å². The van der Waals surface area contributed by atoms with Gasteiger partial charge in [0.15, 0.2) is 0 Å². The van der Waals surface area contributed by atoms with Crippen LogP contribution in [0.1, 0.15) is 6.42 Å². The number of nitrogens with zero attached hydrogens (tertiary/aromatic N) is 3. The minimum Gasteiger partial charge on any atom is -0.313 e. The van der Waals surface area contributed by atoms with E-state index in [9.17, 15) is 18.4 Å². The molecule has 1 atom stereocenters. The molecule has 2 amide bonds. The number of amides is 2. The maximum absolute atomic E-state index is 14.0. The molecule has 0 bridgehead atoms. The highest BCUT2D eigenvalue weighted by Crippen LogP contribution is 2.29. The van der Waals surface area contributed by atoms with Crippen LogP contribution in [0.5, 0.6) is 0 Å². The summed E-state index contributed by atoms with van der Waals surface area (Å²) in [5, 5.41) is 3.24. The van der Waals surface area contributed by atoms with E-state index < -0.39 is 29.4 Å². The van der Waals surface area contributed by atoms with E-state index in [-0.39, 0.29) is 18.7 Å². The maximum Gasteiger partial charge on any atom is 0.232 e. The Kier molecular flexibility index (Phi) is 4.50. The van der Waals surface area contributed by atoms with Crippen molar-refractivity contribution in [1.82, 2.24) is 9.55 Å². The number of imidazole rings is 1. The molecule has 0 saturated carbocycles. The number of hydrogen-bond acceptors (Lipinski definition) is 3. The summed E-state index contributed by atoms with van der Waals surface area (Å²) < 4.78 is 28.8. The molecule has 2 heterocycles. The normalized spacial score (nSPS) is 16.8. The van der Waals surface area contributed by atoms with Crippen molar-refractivity contribution in [3.05, 3.63) is 53.1 Å². The molecule has 3 aromatic rings. The van der Waals surface area contributed by atoms with Gasteiger partial charge in [0.1, 0.15) is 11.6 Å². The zero-order valence-electron chi connectivity index (χ0n) is 14.7. The van der Waals surface area contributed by atoms with Crippen LogP contribution in [0.3, 0.4) is 0 Å². The summed E-state index contributed by atoms with van der Waals surface area (Å²) in [7, 11) is 1.75. The highest BCUT2D eigenvalue weighted by molar-refractivity contribution is 6.31. The molecule has 1 N–H and O–H groups in total. The first kappa shape index (κ1) is 18.4. The zero-order chi connectivity index (χ0) is 20.0. The Balaban J connectivity index is 1.53. The molecule has 9 heteroatoms. The van der Waals surface area contributed by atoms with E-state index in [1.165, 1.54) is 6.07 Å². The lowest BCUT2D eigenvalue weighted by Gasteiger charge is -2.17. The number of nitrogens with one attached hydrogen (secondary N) is 1. The molecule has 1 aromatic heterocycles. The van der Waals surface area contributed by atoms with E-state index in [4.69, 9.17) is 11.6 Å². The highest BCUT2D eigenvalue weighted by atomic mass is 35.5. The summed E-state index contributed by atoms with van der Waals surface area (Å²) in [5.74, 6) is -2.74. The number of benzene rings is 2. The Labute approximate surface area is 163 Å². The fourth-order valence-corrected chi connectivity index (χ4v) is 3.48. The van der Waals surface area contributed by atoms with Crippen LogP contribution in [0.15, 0.2) is 36.4 Å². The van der Waals surface area contributed by atoms with Gasteiger partial charge in [0, 0.05) is 31.1 Å². The van der Waals surface area contributed by atoms with Crippen molar-refractivity contribution < 1.29 is 18.4 Å². The zero-order valence-corrected chi connectivity index (χ0v) is 15.5. The lowest BCUT2D eigenvalue weighted by atomic mass is 10.1. The minimum atomic E-state index is -0.846. The Hall–Kier alpha value is -3.00. The van der Waals surface area contributed by atoms with Crippen molar-refractivity contribution >= 4 is 46.1 Å². The van der Waals surface area contributed by atoms with Gasteiger partial charge in [-0.3, -0.25) is 14.9 Å². The summed E-state index contributed by atoms with van der Waals surface area (Å²) in [6.07, 6.45) is -0.0710. The maximum atomic E-state index is 14.0. The molecule has 0 radical (unpaired) electrons. The van der Waals surface area contributed by atoms with E-state index in [0.29, 0.717) is 22.6 Å². The molecule has 1 aliphatic heterocycles. The molecule has 1 aliphatic rings. The lowest BCUT2D eigenvalue weighted by Crippen LogP contribution is -2.29. The van der Waals surface area contributed by atoms with Crippen LogP contribution >= 0.6 is 11.6 Å². The summed E-state index contributed by atoms with van der Waals surface area (Å²) in [6.45, 7) is 0.00297. The second-order valence-electron chi connectivity index (χ2n) is 6.62. The monoisotopic (exact) mass is 404 g/mol. The van der Waals surface area contributed by atoms with Crippen LogP contribution < -0.4 is 10.2 Å². The molecule has 2 aromatic carbocycles. The van der Waals surface area contributed by atoms with Gasteiger partial charge in [-0.1, -0.05) is 11.6 Å². The summed E-state index contributed by atoms with van der Waals surface area (Å²) in [6, 6.07) is 8.17. The van der Waals surface area contributed by atoms with Gasteiger partial charge in [-0.05, 0) is 30.3 Å². The average Bonchev–Trinajstić information content (AvgIpc) is 3.15. The van der Waals surface area contributed by atoms with Crippen molar-refractivity contribution in [1.29, 1.82) is 0 Å². The first-order valence-electron chi connectivity index (χ1n) is 8.52. The molecule has 4 rings (SSSR count). The van der Waals surface area contributed by atoms with Crippen molar-refractivity contribution in [3.63, 3.8) is 0 Å². The number of anilines is 2. The molecule has 6 nitrogen and oxygen atoms in total. The number of aryl methyl sites for hydroxylation is 1. The van der Waals surface area contributed by atoms with Crippen molar-refractivity contribution in [3.8, 4) is 0 Å². The van der Waals surface area contributed by atoms with E-state index >= 15 is 0 Å². The Morgan fingerprint density at radius 3 is 2.79 bits per heavy atom. The lowest BCUT2D eigenvalue weighted by molar-refractivity contribution is -0.122. The van der Waals surface area contributed by atoms with Gasteiger partial charge in [-0.2, -0.15) is 0 Å². The van der Waals surface area contributed by atoms with Gasteiger partial charge < -0.3 is 9.47 Å². The molecular weight excluding hydrogens is 390 g/mol. The van der Waals surface area contributed by atoms with Crippen LogP contribution in [0.25, 0.3) is 11.0 Å². The summed E-state index contributed by atoms with van der Waals surface area (Å²) in [4.78, 5) is 30.4. The predicted octanol–water partition coefficient (Wildman–Crippen LogP) is 3.50. The summed E-state index contributed by atoms with van der Waals surface area (Å²) >= 11 is 5.97. The Bertz CT molecular complexity index is 1110. The molecule has 144 valence electrons. The number of aromatic nitrogens is 2. The molecular formula is C19H15ClF2N4O2. The van der Waals surface area contributed by atoms with Crippen LogP contribution in [-0.2, 0) is 16.6 Å². The number of fused-ring (bicyclic) bond motifs is 1. The third-order valence-corrected chi connectivity index (χ3v) is 5.01. The number of hydrogen-bond donors (Lipinski definition) is 1. The largest absolute Gasteiger partial charge is 0.313 e. The van der Waals surface area contributed by atoms with Crippen LogP contribution in [-0.4, -0.2) is 27.9 Å². The van der Waals surface area contributed by atoms with Crippen molar-refractivity contribution in [2.24, 2.45) is 13.0 Å². The quantitative estimate of drug-likeness (QED) is 0.726. The fourth-order valence-electron chi connectivity index (χ4n) is 3.31. The molecule has 0 aliphatic carbocycles. The first-order valence-corrected chi connectivity index (χ1v) is 8.89. The van der Waals surface area contributed by atoms with Gasteiger partial charge in [-0.15, -0.1) is 0 Å². The SMILES string of the molecule is Cn1c(NC(=O)C2CC(=O)N(c3ccc(F)cc3F)C2)nc2cc(Cl)ccc21. The van der Waals surface area contributed by atoms with E-state index in [2.05, 4.69) is 10.3 Å². The van der Waals surface area contributed by atoms with Gasteiger partial charge in [0.05, 0.1) is 22.6 Å². The van der Waals surface area contributed by atoms with Gasteiger partial charge in [0.25, 0.3) is 0 Å². The van der Waals surface area contributed by atoms with Gasteiger partial charge in [-0.25, -0.2) is 13.8 Å². The second-order valence-corrected chi connectivity index (χ2v) is 7.05. The van der Waals surface area contributed by atoms with E-state index in [0.717, 1.165) is 16.5 Å². The average molecular weight is 405 g/mol. The molecule has 1 saturated heterocycles. The Morgan fingerprint density at radius 2 is 2.04 bits per heavy atom. The topological polar surface area (TPSA) is 67.2 Å². The molecule has 28 heavy (non-hydrogen) atoms. The number of carbonyl (C=O) groups excluding carboxylic acids is 2. The van der Waals surface area contributed by atoms with Crippen molar-refractivity contribution in [2.75, 3.05) is 16.8 Å². The number of carbonyl (C=O) groups is 2. The van der Waals surface area contributed by atoms with Crippen LogP contribution in [0, 0.1) is 17.6 Å². The van der Waals surface area contributed by atoms with Gasteiger partial charge in [0.2, 0.25) is 17.8 Å². The third-order valence-electron chi connectivity index (χ3n) is 4.77. The molecule has 1 unspecified atom stereocenters. The highest BCUT2D eigenvalue weighted by Gasteiger charge is 2.36. The fraction of sp³-hybridized carbons (Fsp3) is 0.211.